The molecule has 5 nitrogen and oxygen atoms in total. The van der Waals surface area contributed by atoms with Crippen molar-refractivity contribution in [1.29, 1.82) is 0 Å². The lowest BCUT2D eigenvalue weighted by Crippen LogP contribution is -2.16. The number of benzene rings is 1. The first-order valence-corrected chi connectivity index (χ1v) is 7.78. The molecule has 112 valence electrons. The number of hydrogen-bond donors (Lipinski definition) is 1. The fourth-order valence-corrected chi connectivity index (χ4v) is 3.24. The minimum atomic E-state index is 0.698. The third kappa shape index (κ3) is 2.91. The monoisotopic (exact) mass is 285 g/mol. The molecular formula is C16H23N5. The zero-order chi connectivity index (χ0) is 14.8. The van der Waals surface area contributed by atoms with Crippen molar-refractivity contribution in [3.05, 3.63) is 23.3 Å². The molecule has 0 atom stereocenters. The molecule has 1 aliphatic carbocycles. The van der Waals surface area contributed by atoms with Gasteiger partial charge in [-0.2, -0.15) is 0 Å². The summed E-state index contributed by atoms with van der Waals surface area (Å²) in [5.74, 6) is 1.54. The van der Waals surface area contributed by atoms with Crippen LogP contribution in [0.1, 0.15) is 43.2 Å². The van der Waals surface area contributed by atoms with Crippen LogP contribution in [0.2, 0.25) is 0 Å². The van der Waals surface area contributed by atoms with Gasteiger partial charge in [0, 0.05) is 17.8 Å². The molecular weight excluding hydrogens is 262 g/mol. The summed E-state index contributed by atoms with van der Waals surface area (Å²) >= 11 is 0. The van der Waals surface area contributed by atoms with Crippen molar-refractivity contribution in [3.63, 3.8) is 0 Å². The number of nitrogens with two attached hydrogens (primary N) is 1. The Labute approximate surface area is 125 Å². The number of hydrogen-bond acceptors (Lipinski definition) is 4. The van der Waals surface area contributed by atoms with Gasteiger partial charge in [-0.15, -0.1) is 5.10 Å². The fraction of sp³-hybridized carbons (Fsp3) is 0.562. The van der Waals surface area contributed by atoms with Crippen molar-refractivity contribution >= 4 is 5.69 Å². The van der Waals surface area contributed by atoms with E-state index in [1.54, 1.807) is 0 Å². The molecule has 2 N–H and O–H groups in total. The predicted molar refractivity (Wildman–Crippen MR) is 83.7 cm³/mol. The van der Waals surface area contributed by atoms with Crippen molar-refractivity contribution in [2.24, 2.45) is 5.92 Å². The Hall–Kier alpha value is -1.91. The Morgan fingerprint density at radius 1 is 1.14 bits per heavy atom. The molecule has 5 heteroatoms. The number of aryl methyl sites for hydroxylation is 2. The molecule has 21 heavy (non-hydrogen) atoms. The first-order valence-electron chi connectivity index (χ1n) is 7.78. The van der Waals surface area contributed by atoms with Crippen LogP contribution in [0.4, 0.5) is 5.69 Å². The van der Waals surface area contributed by atoms with E-state index >= 15 is 0 Å². The Morgan fingerprint density at radius 3 is 2.67 bits per heavy atom. The lowest BCUT2D eigenvalue weighted by Gasteiger charge is -2.21. The minimum absolute atomic E-state index is 0.698. The van der Waals surface area contributed by atoms with E-state index in [4.69, 9.17) is 5.73 Å². The second-order valence-electron chi connectivity index (χ2n) is 6.21. The molecule has 0 aliphatic heterocycles. The molecule has 1 aromatic heterocycles. The molecule has 1 aliphatic rings. The molecule has 1 aromatic carbocycles. The summed E-state index contributed by atoms with van der Waals surface area (Å²) in [6.07, 6.45) is 6.60. The van der Waals surface area contributed by atoms with Gasteiger partial charge >= 0.3 is 0 Å². The molecule has 2 aromatic rings. The molecule has 0 bridgehead atoms. The standard InChI is InChI=1S/C16H23N5/c1-11-8-12(2)15(17)9-14(11)16-18-19-20-21(16)10-13-6-4-3-5-7-13/h8-9,13H,3-7,10,17H2,1-2H3. The summed E-state index contributed by atoms with van der Waals surface area (Å²) in [4.78, 5) is 0. The van der Waals surface area contributed by atoms with Crippen LogP contribution in [0.15, 0.2) is 12.1 Å². The smallest absolute Gasteiger partial charge is 0.182 e. The lowest BCUT2D eigenvalue weighted by atomic mass is 9.89. The van der Waals surface area contributed by atoms with E-state index < -0.39 is 0 Å². The molecule has 0 spiro atoms. The van der Waals surface area contributed by atoms with Crippen LogP contribution in [0, 0.1) is 19.8 Å². The van der Waals surface area contributed by atoms with Crippen LogP contribution >= 0.6 is 0 Å². The molecule has 1 saturated carbocycles. The van der Waals surface area contributed by atoms with Gasteiger partial charge < -0.3 is 5.73 Å². The number of nitrogens with zero attached hydrogens (tertiary/aromatic N) is 4. The molecule has 0 amide bonds. The number of aromatic nitrogens is 4. The number of tetrazole rings is 1. The molecule has 1 fully saturated rings. The van der Waals surface area contributed by atoms with Crippen molar-refractivity contribution in [2.75, 3.05) is 5.73 Å². The van der Waals surface area contributed by atoms with E-state index in [0.29, 0.717) is 5.92 Å². The first-order chi connectivity index (χ1) is 10.1. The summed E-state index contributed by atoms with van der Waals surface area (Å²) in [5, 5.41) is 12.3. The number of anilines is 1. The SMILES string of the molecule is Cc1cc(C)c(-c2nnnn2CC2CCCCC2)cc1N. The number of nitrogen functional groups attached to an aromatic ring is 1. The van der Waals surface area contributed by atoms with E-state index in [-0.39, 0.29) is 0 Å². The van der Waals surface area contributed by atoms with Crippen LogP contribution < -0.4 is 5.73 Å². The van der Waals surface area contributed by atoms with Gasteiger partial charge in [-0.1, -0.05) is 25.3 Å². The minimum Gasteiger partial charge on any atom is -0.398 e. The summed E-state index contributed by atoms with van der Waals surface area (Å²) in [6, 6.07) is 4.10. The molecule has 0 radical (unpaired) electrons. The predicted octanol–water partition coefficient (Wildman–Crippen LogP) is 3.12. The van der Waals surface area contributed by atoms with Crippen LogP contribution in [0.3, 0.4) is 0 Å². The van der Waals surface area contributed by atoms with E-state index in [1.807, 2.05) is 17.7 Å². The maximum atomic E-state index is 6.05. The summed E-state index contributed by atoms with van der Waals surface area (Å²) in [5.41, 5.74) is 10.2. The van der Waals surface area contributed by atoms with Crippen molar-refractivity contribution in [1.82, 2.24) is 20.2 Å². The van der Waals surface area contributed by atoms with Gasteiger partial charge in [0.15, 0.2) is 5.82 Å². The third-order valence-electron chi connectivity index (χ3n) is 4.54. The van der Waals surface area contributed by atoms with Gasteiger partial charge in [0.05, 0.1) is 0 Å². The van der Waals surface area contributed by atoms with Gasteiger partial charge in [0.25, 0.3) is 0 Å². The van der Waals surface area contributed by atoms with Crippen molar-refractivity contribution in [2.45, 2.75) is 52.5 Å². The van der Waals surface area contributed by atoms with Crippen molar-refractivity contribution < 1.29 is 0 Å². The lowest BCUT2D eigenvalue weighted by molar-refractivity contribution is 0.307. The topological polar surface area (TPSA) is 69.6 Å². The average molecular weight is 285 g/mol. The van der Waals surface area contributed by atoms with Crippen LogP contribution in [-0.2, 0) is 6.54 Å². The Morgan fingerprint density at radius 2 is 1.90 bits per heavy atom. The average Bonchev–Trinajstić information content (AvgIpc) is 2.92. The summed E-state index contributed by atoms with van der Waals surface area (Å²) in [7, 11) is 0. The molecule has 0 saturated heterocycles. The largest absolute Gasteiger partial charge is 0.398 e. The van der Waals surface area contributed by atoms with Gasteiger partial charge in [0.2, 0.25) is 0 Å². The van der Waals surface area contributed by atoms with E-state index in [0.717, 1.165) is 29.2 Å². The Balaban J connectivity index is 1.89. The van der Waals surface area contributed by atoms with Crippen LogP contribution in [0.25, 0.3) is 11.4 Å². The summed E-state index contributed by atoms with van der Waals surface area (Å²) < 4.78 is 1.95. The van der Waals surface area contributed by atoms with Gasteiger partial charge in [-0.3, -0.25) is 0 Å². The zero-order valence-electron chi connectivity index (χ0n) is 12.8. The molecule has 3 rings (SSSR count). The van der Waals surface area contributed by atoms with Crippen LogP contribution in [-0.4, -0.2) is 20.2 Å². The van der Waals surface area contributed by atoms with Crippen molar-refractivity contribution in [3.8, 4) is 11.4 Å². The second-order valence-corrected chi connectivity index (χ2v) is 6.21. The highest BCUT2D eigenvalue weighted by atomic mass is 15.5. The Kier molecular flexibility index (Phi) is 3.90. The van der Waals surface area contributed by atoms with Gasteiger partial charge in [-0.05, 0) is 60.2 Å². The highest BCUT2D eigenvalue weighted by Crippen LogP contribution is 2.29. The highest BCUT2D eigenvalue weighted by molar-refractivity contribution is 5.67. The second kappa shape index (κ2) is 5.84. The third-order valence-corrected chi connectivity index (χ3v) is 4.54. The molecule has 0 unspecified atom stereocenters. The molecule has 1 heterocycles. The van der Waals surface area contributed by atoms with E-state index in [1.165, 1.54) is 37.7 Å². The van der Waals surface area contributed by atoms with E-state index in [9.17, 15) is 0 Å². The number of rotatable bonds is 3. The maximum absolute atomic E-state index is 6.05. The summed E-state index contributed by atoms with van der Waals surface area (Å²) in [6.45, 7) is 5.02. The first kappa shape index (κ1) is 14.0. The fourth-order valence-electron chi connectivity index (χ4n) is 3.24. The zero-order valence-corrected chi connectivity index (χ0v) is 12.8. The Bertz CT molecular complexity index is 626. The van der Waals surface area contributed by atoms with Gasteiger partial charge in [-0.25, -0.2) is 4.68 Å². The van der Waals surface area contributed by atoms with Crippen LogP contribution in [0.5, 0.6) is 0 Å². The van der Waals surface area contributed by atoms with E-state index in [2.05, 4.69) is 28.5 Å². The quantitative estimate of drug-likeness (QED) is 0.880. The maximum Gasteiger partial charge on any atom is 0.182 e. The highest BCUT2D eigenvalue weighted by Gasteiger charge is 2.18. The normalized spacial score (nSPS) is 16.3. The van der Waals surface area contributed by atoms with Gasteiger partial charge in [0.1, 0.15) is 0 Å².